The van der Waals surface area contributed by atoms with Crippen molar-refractivity contribution < 1.29 is 9.15 Å². The smallest absolute Gasteiger partial charge is 0.130 e. The van der Waals surface area contributed by atoms with E-state index in [2.05, 4.69) is 25.2 Å². The minimum atomic E-state index is 0.592. The minimum absolute atomic E-state index is 0.592. The van der Waals surface area contributed by atoms with E-state index in [0.717, 1.165) is 31.1 Å². The lowest BCUT2D eigenvalue weighted by atomic mass is 10.2. The molecule has 1 heterocycles. The van der Waals surface area contributed by atoms with Gasteiger partial charge in [0.2, 0.25) is 0 Å². The Bertz CT molecular complexity index is 294. The largest absolute Gasteiger partial charge is 0.462 e. The summed E-state index contributed by atoms with van der Waals surface area (Å²) in [7, 11) is 1.92. The molecular weight excluding hydrogens is 202 g/mol. The van der Waals surface area contributed by atoms with Crippen LogP contribution < -0.4 is 5.32 Å². The highest BCUT2D eigenvalue weighted by atomic mass is 16.5. The Morgan fingerprint density at radius 2 is 2.19 bits per heavy atom. The molecule has 0 unspecified atom stereocenters. The van der Waals surface area contributed by atoms with E-state index in [4.69, 9.17) is 9.15 Å². The van der Waals surface area contributed by atoms with Crippen LogP contribution in [0.2, 0.25) is 0 Å². The third-order valence-electron chi connectivity index (χ3n) is 2.55. The number of furan rings is 1. The fraction of sp³-hybridized carbons (Fsp3) is 0.692. The highest BCUT2D eigenvalue weighted by Gasteiger charge is 2.06. The van der Waals surface area contributed by atoms with Gasteiger partial charge in [0.15, 0.2) is 0 Å². The number of hydrogen-bond donors (Lipinski definition) is 1. The summed E-state index contributed by atoms with van der Waals surface area (Å²) < 4.78 is 11.2. The van der Waals surface area contributed by atoms with E-state index in [1.54, 1.807) is 0 Å². The standard InChI is InChI=1S/C13H23NO2/c1-4-5-6-7-15-10-12-8-11(2)13(16-12)9-14-3/h8,14H,4-7,9-10H2,1-3H3. The van der Waals surface area contributed by atoms with Crippen molar-refractivity contribution in [2.45, 2.75) is 46.3 Å². The van der Waals surface area contributed by atoms with Gasteiger partial charge in [0.05, 0.1) is 6.54 Å². The average molecular weight is 225 g/mol. The highest BCUT2D eigenvalue weighted by Crippen LogP contribution is 2.15. The van der Waals surface area contributed by atoms with Gasteiger partial charge in [-0.1, -0.05) is 19.8 Å². The maximum Gasteiger partial charge on any atom is 0.130 e. The van der Waals surface area contributed by atoms with E-state index in [-0.39, 0.29) is 0 Å². The first-order valence-corrected chi connectivity index (χ1v) is 6.08. The minimum Gasteiger partial charge on any atom is -0.462 e. The molecule has 0 aromatic carbocycles. The van der Waals surface area contributed by atoms with Crippen LogP contribution in [0.5, 0.6) is 0 Å². The number of nitrogens with one attached hydrogen (secondary N) is 1. The van der Waals surface area contributed by atoms with Crippen LogP contribution in [0.3, 0.4) is 0 Å². The van der Waals surface area contributed by atoms with E-state index in [1.165, 1.54) is 18.4 Å². The van der Waals surface area contributed by atoms with E-state index in [9.17, 15) is 0 Å². The van der Waals surface area contributed by atoms with Gasteiger partial charge in [-0.2, -0.15) is 0 Å². The topological polar surface area (TPSA) is 34.4 Å². The first kappa shape index (κ1) is 13.3. The molecule has 16 heavy (non-hydrogen) atoms. The summed E-state index contributed by atoms with van der Waals surface area (Å²) in [5, 5.41) is 3.09. The molecule has 1 aromatic rings. The Hall–Kier alpha value is -0.800. The van der Waals surface area contributed by atoms with Crippen LogP contribution in [-0.2, 0) is 17.9 Å². The van der Waals surface area contributed by atoms with Crippen molar-refractivity contribution >= 4 is 0 Å². The molecule has 1 aromatic heterocycles. The fourth-order valence-corrected chi connectivity index (χ4v) is 1.62. The van der Waals surface area contributed by atoms with E-state index >= 15 is 0 Å². The fourth-order valence-electron chi connectivity index (χ4n) is 1.62. The van der Waals surface area contributed by atoms with Crippen LogP contribution in [0.25, 0.3) is 0 Å². The molecule has 0 aliphatic carbocycles. The lowest BCUT2D eigenvalue weighted by molar-refractivity contribution is 0.102. The second-order valence-corrected chi connectivity index (χ2v) is 4.11. The Labute approximate surface area is 98.2 Å². The molecule has 0 bridgehead atoms. The SMILES string of the molecule is CCCCCOCc1cc(C)c(CNC)o1. The number of ether oxygens (including phenoxy) is 1. The highest BCUT2D eigenvalue weighted by molar-refractivity contribution is 5.19. The van der Waals surface area contributed by atoms with Crippen LogP contribution in [0.15, 0.2) is 10.5 Å². The van der Waals surface area contributed by atoms with Gasteiger partial charge < -0.3 is 14.5 Å². The molecular formula is C13H23NO2. The molecule has 0 fully saturated rings. The van der Waals surface area contributed by atoms with Crippen LogP contribution >= 0.6 is 0 Å². The van der Waals surface area contributed by atoms with Crippen molar-refractivity contribution in [1.82, 2.24) is 5.32 Å². The number of aryl methyl sites for hydroxylation is 1. The van der Waals surface area contributed by atoms with Gasteiger partial charge in [-0.05, 0) is 32.0 Å². The van der Waals surface area contributed by atoms with Gasteiger partial charge in [-0.3, -0.25) is 0 Å². The molecule has 0 aliphatic heterocycles. The molecule has 3 nitrogen and oxygen atoms in total. The van der Waals surface area contributed by atoms with Crippen molar-refractivity contribution in [3.05, 3.63) is 23.2 Å². The first-order valence-electron chi connectivity index (χ1n) is 6.08. The molecule has 0 amide bonds. The van der Waals surface area contributed by atoms with E-state index in [1.807, 2.05) is 7.05 Å². The van der Waals surface area contributed by atoms with Gasteiger partial charge in [-0.15, -0.1) is 0 Å². The summed E-state index contributed by atoms with van der Waals surface area (Å²) in [4.78, 5) is 0. The summed E-state index contributed by atoms with van der Waals surface area (Å²) in [5.41, 5.74) is 1.20. The molecule has 0 aliphatic rings. The van der Waals surface area contributed by atoms with E-state index in [0.29, 0.717) is 6.61 Å². The Balaban J connectivity index is 2.28. The maximum atomic E-state index is 5.67. The molecule has 0 saturated carbocycles. The Kier molecular flexibility index (Phi) is 6.19. The number of unbranched alkanes of at least 4 members (excludes halogenated alkanes) is 2. The Morgan fingerprint density at radius 3 is 2.88 bits per heavy atom. The molecule has 92 valence electrons. The van der Waals surface area contributed by atoms with Gasteiger partial charge >= 0.3 is 0 Å². The van der Waals surface area contributed by atoms with Gasteiger partial charge in [0.25, 0.3) is 0 Å². The number of hydrogen-bond acceptors (Lipinski definition) is 3. The van der Waals surface area contributed by atoms with E-state index < -0.39 is 0 Å². The summed E-state index contributed by atoms with van der Waals surface area (Å²) in [6.07, 6.45) is 3.61. The quantitative estimate of drug-likeness (QED) is 0.691. The second-order valence-electron chi connectivity index (χ2n) is 4.11. The zero-order valence-corrected chi connectivity index (χ0v) is 10.6. The molecule has 1 rings (SSSR count). The van der Waals surface area contributed by atoms with Crippen molar-refractivity contribution in [2.24, 2.45) is 0 Å². The van der Waals surface area contributed by atoms with Crippen molar-refractivity contribution in [1.29, 1.82) is 0 Å². The van der Waals surface area contributed by atoms with Crippen molar-refractivity contribution in [3.63, 3.8) is 0 Å². The normalized spacial score (nSPS) is 10.9. The zero-order chi connectivity index (χ0) is 11.8. The molecule has 0 spiro atoms. The third-order valence-corrected chi connectivity index (χ3v) is 2.55. The predicted octanol–water partition coefficient (Wildman–Crippen LogP) is 3.01. The second kappa shape index (κ2) is 7.47. The third kappa shape index (κ3) is 4.37. The Morgan fingerprint density at radius 1 is 1.38 bits per heavy atom. The summed E-state index contributed by atoms with van der Waals surface area (Å²) in [6.45, 7) is 6.46. The number of rotatable bonds is 8. The first-order chi connectivity index (χ1) is 7.77. The average Bonchev–Trinajstić information content (AvgIpc) is 2.60. The van der Waals surface area contributed by atoms with Crippen LogP contribution in [0.4, 0.5) is 0 Å². The van der Waals surface area contributed by atoms with Crippen LogP contribution in [-0.4, -0.2) is 13.7 Å². The summed E-state index contributed by atoms with van der Waals surface area (Å²) in [6, 6.07) is 2.06. The predicted molar refractivity (Wildman–Crippen MR) is 65.4 cm³/mol. The van der Waals surface area contributed by atoms with Gasteiger partial charge in [-0.25, -0.2) is 0 Å². The maximum absolute atomic E-state index is 5.67. The zero-order valence-electron chi connectivity index (χ0n) is 10.6. The monoisotopic (exact) mass is 225 g/mol. The van der Waals surface area contributed by atoms with Crippen molar-refractivity contribution in [2.75, 3.05) is 13.7 Å². The van der Waals surface area contributed by atoms with Crippen LogP contribution in [0.1, 0.15) is 43.3 Å². The van der Waals surface area contributed by atoms with Crippen molar-refractivity contribution in [3.8, 4) is 0 Å². The van der Waals surface area contributed by atoms with Gasteiger partial charge in [0.1, 0.15) is 18.1 Å². The molecule has 1 N–H and O–H groups in total. The van der Waals surface area contributed by atoms with Gasteiger partial charge in [0, 0.05) is 6.61 Å². The summed E-state index contributed by atoms with van der Waals surface area (Å²) >= 11 is 0. The molecule has 0 saturated heterocycles. The molecule has 3 heteroatoms. The van der Waals surface area contributed by atoms with Crippen LogP contribution in [0, 0.1) is 6.92 Å². The molecule has 0 radical (unpaired) electrons. The summed E-state index contributed by atoms with van der Waals surface area (Å²) in [5.74, 6) is 1.94. The lowest BCUT2D eigenvalue weighted by Crippen LogP contribution is -2.04. The lowest BCUT2D eigenvalue weighted by Gasteiger charge is -2.01. The molecule has 0 atom stereocenters.